The number of benzene rings is 2. The van der Waals surface area contributed by atoms with Gasteiger partial charge < -0.3 is 5.32 Å². The number of fused-ring (bicyclic) bond motifs is 1. The zero-order valence-electron chi connectivity index (χ0n) is 16.6. The van der Waals surface area contributed by atoms with Gasteiger partial charge in [0.05, 0.1) is 6.04 Å². The molecule has 1 unspecified atom stereocenters. The van der Waals surface area contributed by atoms with Crippen molar-refractivity contribution in [2.45, 2.75) is 51.6 Å². The Kier molecular flexibility index (Phi) is 6.03. The average Bonchev–Trinajstić information content (AvgIpc) is 3.16. The van der Waals surface area contributed by atoms with Crippen molar-refractivity contribution in [3.05, 3.63) is 69.7 Å². The summed E-state index contributed by atoms with van der Waals surface area (Å²) in [5.41, 5.74) is 5.41. The van der Waals surface area contributed by atoms with E-state index in [-0.39, 0.29) is 17.9 Å². The van der Waals surface area contributed by atoms with E-state index in [9.17, 15) is 4.79 Å². The number of hydrogen-bond acceptors (Lipinski definition) is 2. The van der Waals surface area contributed by atoms with Crippen LogP contribution in [0.25, 0.3) is 0 Å². The van der Waals surface area contributed by atoms with Gasteiger partial charge in [-0.05, 0) is 86.5 Å². The summed E-state index contributed by atoms with van der Waals surface area (Å²) >= 11 is 6.09. The van der Waals surface area contributed by atoms with E-state index in [1.165, 1.54) is 41.5 Å². The maximum atomic E-state index is 12.8. The van der Waals surface area contributed by atoms with Crippen molar-refractivity contribution in [3.8, 4) is 0 Å². The summed E-state index contributed by atoms with van der Waals surface area (Å²) in [5.74, 6) is 0.322. The van der Waals surface area contributed by atoms with E-state index in [1.54, 1.807) is 0 Å². The number of carbonyl (C=O) groups excluding carboxylic acids is 1. The van der Waals surface area contributed by atoms with Crippen molar-refractivity contribution < 1.29 is 4.79 Å². The van der Waals surface area contributed by atoms with Crippen molar-refractivity contribution in [2.75, 3.05) is 13.1 Å². The van der Waals surface area contributed by atoms with Crippen LogP contribution in [0.1, 0.15) is 54.5 Å². The second-order valence-electron chi connectivity index (χ2n) is 8.29. The van der Waals surface area contributed by atoms with Crippen LogP contribution in [-0.4, -0.2) is 23.9 Å². The lowest BCUT2D eigenvalue weighted by molar-refractivity contribution is -0.127. The second-order valence-corrected chi connectivity index (χ2v) is 8.73. The van der Waals surface area contributed by atoms with Crippen LogP contribution in [0, 0.1) is 5.92 Å². The first-order valence-electron chi connectivity index (χ1n) is 10.5. The molecule has 1 aliphatic heterocycles. The zero-order chi connectivity index (χ0) is 19.5. The number of nitrogens with one attached hydrogen (secondary N) is 1. The van der Waals surface area contributed by atoms with Gasteiger partial charge in [-0.25, -0.2) is 0 Å². The predicted octanol–water partition coefficient (Wildman–Crippen LogP) is 4.92. The molecule has 0 radical (unpaired) electrons. The summed E-state index contributed by atoms with van der Waals surface area (Å²) in [6.07, 6.45) is 5.47. The van der Waals surface area contributed by atoms with Crippen molar-refractivity contribution in [1.29, 1.82) is 0 Å². The summed E-state index contributed by atoms with van der Waals surface area (Å²) in [6, 6.07) is 14.8. The van der Waals surface area contributed by atoms with Gasteiger partial charge in [0.25, 0.3) is 0 Å². The average molecular weight is 397 g/mol. The molecule has 2 aromatic rings. The van der Waals surface area contributed by atoms with Gasteiger partial charge in [-0.2, -0.15) is 0 Å². The molecule has 1 amide bonds. The molecule has 1 atom stereocenters. The molecule has 1 fully saturated rings. The summed E-state index contributed by atoms with van der Waals surface area (Å²) in [4.78, 5) is 15.2. The molecule has 1 N–H and O–H groups in total. The molecule has 0 saturated carbocycles. The molecule has 4 heteroatoms. The third-order valence-corrected chi connectivity index (χ3v) is 6.47. The van der Waals surface area contributed by atoms with Crippen LogP contribution in [0.4, 0.5) is 0 Å². The van der Waals surface area contributed by atoms with Crippen molar-refractivity contribution in [1.82, 2.24) is 10.2 Å². The molecule has 148 valence electrons. The Labute approximate surface area is 173 Å². The van der Waals surface area contributed by atoms with Gasteiger partial charge >= 0.3 is 0 Å². The summed E-state index contributed by atoms with van der Waals surface area (Å²) in [6.45, 7) is 4.92. The van der Waals surface area contributed by atoms with Gasteiger partial charge in [0.1, 0.15) is 0 Å². The third kappa shape index (κ3) is 4.59. The van der Waals surface area contributed by atoms with E-state index in [1.807, 2.05) is 18.2 Å². The SMILES string of the molecule is CC(NC(=O)C1CCN(Cc2cccc(Cl)c2)CC1)c1ccc2c(c1)CCC2. The Morgan fingerprint density at radius 3 is 2.71 bits per heavy atom. The smallest absolute Gasteiger partial charge is 0.223 e. The van der Waals surface area contributed by atoms with Crippen LogP contribution in [0.2, 0.25) is 5.02 Å². The van der Waals surface area contributed by atoms with Crippen LogP contribution in [-0.2, 0) is 24.2 Å². The van der Waals surface area contributed by atoms with Crippen LogP contribution >= 0.6 is 11.6 Å². The fourth-order valence-corrected chi connectivity index (χ4v) is 4.74. The Bertz CT molecular complexity index is 842. The van der Waals surface area contributed by atoms with Gasteiger partial charge in [-0.1, -0.05) is 41.9 Å². The standard InChI is InChI=1S/C24H29ClN2O/c1-17(21-9-8-19-5-3-6-22(19)15-21)26-24(28)20-10-12-27(13-11-20)16-18-4-2-7-23(25)14-18/h2,4,7-9,14-15,17,20H,3,5-6,10-13,16H2,1H3,(H,26,28). The van der Waals surface area contributed by atoms with Crippen molar-refractivity contribution in [3.63, 3.8) is 0 Å². The highest BCUT2D eigenvalue weighted by molar-refractivity contribution is 6.30. The first-order valence-corrected chi connectivity index (χ1v) is 10.8. The lowest BCUT2D eigenvalue weighted by Gasteiger charge is -2.32. The molecule has 2 aliphatic rings. The first-order chi connectivity index (χ1) is 13.6. The molecular weight excluding hydrogens is 368 g/mol. The molecule has 1 saturated heterocycles. The molecule has 1 heterocycles. The van der Waals surface area contributed by atoms with E-state index in [4.69, 9.17) is 11.6 Å². The molecule has 4 rings (SSSR count). The molecular formula is C24H29ClN2O. The largest absolute Gasteiger partial charge is 0.349 e. The number of likely N-dealkylation sites (tertiary alicyclic amines) is 1. The van der Waals surface area contributed by atoms with Crippen LogP contribution in [0.5, 0.6) is 0 Å². The maximum absolute atomic E-state index is 12.8. The Morgan fingerprint density at radius 1 is 1.14 bits per heavy atom. The minimum absolute atomic E-state index is 0.0721. The fourth-order valence-electron chi connectivity index (χ4n) is 4.52. The zero-order valence-corrected chi connectivity index (χ0v) is 17.3. The molecule has 2 aromatic carbocycles. The number of aryl methyl sites for hydroxylation is 2. The molecule has 0 aromatic heterocycles. The lowest BCUT2D eigenvalue weighted by Crippen LogP contribution is -2.40. The lowest BCUT2D eigenvalue weighted by atomic mass is 9.94. The molecule has 0 bridgehead atoms. The highest BCUT2D eigenvalue weighted by Crippen LogP contribution is 2.26. The topological polar surface area (TPSA) is 32.3 Å². The third-order valence-electron chi connectivity index (χ3n) is 6.23. The summed E-state index contributed by atoms with van der Waals surface area (Å²) < 4.78 is 0. The maximum Gasteiger partial charge on any atom is 0.223 e. The van der Waals surface area contributed by atoms with Gasteiger partial charge in [0.15, 0.2) is 0 Å². The van der Waals surface area contributed by atoms with Gasteiger partial charge in [-0.15, -0.1) is 0 Å². The molecule has 3 nitrogen and oxygen atoms in total. The number of nitrogens with zero attached hydrogens (tertiary/aromatic N) is 1. The van der Waals surface area contributed by atoms with E-state index >= 15 is 0 Å². The van der Waals surface area contributed by atoms with Gasteiger partial charge in [0, 0.05) is 17.5 Å². The summed E-state index contributed by atoms with van der Waals surface area (Å²) in [7, 11) is 0. The monoisotopic (exact) mass is 396 g/mol. The van der Waals surface area contributed by atoms with Crippen molar-refractivity contribution >= 4 is 17.5 Å². The second kappa shape index (κ2) is 8.67. The highest BCUT2D eigenvalue weighted by Gasteiger charge is 2.26. The minimum Gasteiger partial charge on any atom is -0.349 e. The normalized spacial score (nSPS) is 18.6. The highest BCUT2D eigenvalue weighted by atomic mass is 35.5. The van der Waals surface area contributed by atoms with Gasteiger partial charge in [0.2, 0.25) is 5.91 Å². The Morgan fingerprint density at radius 2 is 1.93 bits per heavy atom. The van der Waals surface area contributed by atoms with Crippen LogP contribution in [0.15, 0.2) is 42.5 Å². The first kappa shape index (κ1) is 19.5. The van der Waals surface area contributed by atoms with E-state index in [0.29, 0.717) is 0 Å². The predicted molar refractivity (Wildman–Crippen MR) is 114 cm³/mol. The van der Waals surface area contributed by atoms with E-state index in [0.717, 1.165) is 37.5 Å². The molecule has 1 aliphatic carbocycles. The quantitative estimate of drug-likeness (QED) is 0.778. The van der Waals surface area contributed by atoms with Crippen LogP contribution < -0.4 is 5.32 Å². The number of rotatable bonds is 5. The van der Waals surface area contributed by atoms with E-state index < -0.39 is 0 Å². The Balaban J connectivity index is 1.28. The molecule has 0 spiro atoms. The number of hydrogen-bond donors (Lipinski definition) is 1. The number of carbonyl (C=O) groups is 1. The fraction of sp³-hybridized carbons (Fsp3) is 0.458. The Hall–Kier alpha value is -1.84. The summed E-state index contributed by atoms with van der Waals surface area (Å²) in [5, 5.41) is 4.04. The number of piperidine rings is 1. The van der Waals surface area contributed by atoms with Crippen molar-refractivity contribution in [2.24, 2.45) is 5.92 Å². The van der Waals surface area contributed by atoms with Crippen LogP contribution in [0.3, 0.4) is 0 Å². The van der Waals surface area contributed by atoms with Gasteiger partial charge in [-0.3, -0.25) is 9.69 Å². The minimum atomic E-state index is 0.0721. The molecule has 28 heavy (non-hydrogen) atoms. The number of amides is 1. The number of halogens is 1. The van der Waals surface area contributed by atoms with E-state index in [2.05, 4.69) is 41.4 Å².